The van der Waals surface area contributed by atoms with Gasteiger partial charge in [0.1, 0.15) is 0 Å². The summed E-state index contributed by atoms with van der Waals surface area (Å²) in [6.07, 6.45) is -5.25. The predicted octanol–water partition coefficient (Wildman–Crippen LogP) is 3.84. The molecule has 0 saturated heterocycles. The fourth-order valence-electron chi connectivity index (χ4n) is 3.12. The Balaban J connectivity index is 2.69. The summed E-state index contributed by atoms with van der Waals surface area (Å²) in [5.41, 5.74) is -1.52. The van der Waals surface area contributed by atoms with Crippen molar-refractivity contribution < 1.29 is 31.5 Å². The summed E-state index contributed by atoms with van der Waals surface area (Å²) in [6.45, 7) is 5.94. The highest BCUT2D eigenvalue weighted by Gasteiger charge is 2.39. The predicted molar refractivity (Wildman–Crippen MR) is 103 cm³/mol. The van der Waals surface area contributed by atoms with Gasteiger partial charge in [0.25, 0.3) is 0 Å². The molecule has 5 nitrogen and oxygen atoms in total. The van der Waals surface area contributed by atoms with E-state index >= 15 is 0 Å². The summed E-state index contributed by atoms with van der Waals surface area (Å²) in [6, 6.07) is 10.5. The number of halogens is 3. The number of hydrogen-bond acceptors (Lipinski definition) is 3. The molecule has 0 aliphatic heterocycles. The van der Waals surface area contributed by atoms with Crippen molar-refractivity contribution >= 4 is 16.9 Å². The van der Waals surface area contributed by atoms with E-state index in [0.717, 1.165) is 29.8 Å². The second-order valence-electron chi connectivity index (χ2n) is 7.75. The van der Waals surface area contributed by atoms with Crippen LogP contribution in [0.3, 0.4) is 0 Å². The Labute approximate surface area is 168 Å². The number of benzene rings is 2. The minimum atomic E-state index is -4.57. The molecule has 2 N–H and O–H groups in total. The molecule has 0 amide bonds. The number of carboxylic acids is 1. The van der Waals surface area contributed by atoms with Gasteiger partial charge in [-0.3, -0.25) is 4.79 Å². The zero-order valence-corrected chi connectivity index (χ0v) is 17.0. The fraction of sp³-hybridized carbons (Fsp3) is 0.350. The number of hydrogen-bond donors (Lipinski definition) is 3. The largest absolute Gasteiger partial charge is 0.481 e. The number of carbonyl (C=O) groups is 1. The van der Waals surface area contributed by atoms with Gasteiger partial charge in [-0.2, -0.15) is 13.2 Å². The molecule has 9 heteroatoms. The molecule has 2 rings (SSSR count). The molecule has 29 heavy (non-hydrogen) atoms. The molecule has 2 aromatic carbocycles. The average Bonchev–Trinajstić information content (AvgIpc) is 2.59. The third-order valence-corrected chi connectivity index (χ3v) is 5.21. The summed E-state index contributed by atoms with van der Waals surface area (Å²) in [5, 5.41) is 9.44. The molecule has 2 aromatic rings. The lowest BCUT2D eigenvalue weighted by molar-refractivity contribution is -0.139. The van der Waals surface area contributed by atoms with Crippen LogP contribution in [0.2, 0.25) is 0 Å². The maximum Gasteiger partial charge on any atom is 0.416 e. The van der Waals surface area contributed by atoms with Gasteiger partial charge >= 0.3 is 12.1 Å². The summed E-state index contributed by atoms with van der Waals surface area (Å²) in [7, 11) is -3.26. The lowest BCUT2D eigenvalue weighted by Crippen LogP contribution is -2.44. The van der Waals surface area contributed by atoms with Crippen molar-refractivity contribution in [1.82, 2.24) is 4.72 Å². The maximum absolute atomic E-state index is 12.9. The van der Waals surface area contributed by atoms with Gasteiger partial charge in [0.15, 0.2) is 0 Å². The Bertz CT molecular complexity index is 878. The molecule has 1 atom stereocenters. The van der Waals surface area contributed by atoms with Crippen LogP contribution in [0.15, 0.2) is 48.5 Å². The number of aliphatic carboxylic acids is 1. The summed E-state index contributed by atoms with van der Waals surface area (Å²) >= 11 is 0. The molecule has 0 aliphatic carbocycles. The minimum Gasteiger partial charge on any atom is -0.481 e. The number of nitrogens with one attached hydrogen (secondary N) is 1. The van der Waals surface area contributed by atoms with Crippen LogP contribution in [-0.2, 0) is 32.8 Å². The monoisotopic (exact) mass is 429 g/mol. The minimum absolute atomic E-state index is 0.0932. The summed E-state index contributed by atoms with van der Waals surface area (Å²) in [4.78, 5) is 11.6. The Hall–Kier alpha value is -2.39. The van der Waals surface area contributed by atoms with Crippen LogP contribution in [0.25, 0.3) is 0 Å². The smallest absolute Gasteiger partial charge is 0.416 e. The Morgan fingerprint density at radius 1 is 0.862 bits per heavy atom. The fourth-order valence-corrected chi connectivity index (χ4v) is 3.77. The Kier molecular flexibility index (Phi) is 6.44. The third kappa shape index (κ3) is 5.36. The van der Waals surface area contributed by atoms with Crippen LogP contribution in [0.5, 0.6) is 0 Å². The zero-order valence-electron chi connectivity index (χ0n) is 16.1. The van der Waals surface area contributed by atoms with E-state index < -0.39 is 40.6 Å². The molecular formula is C20H22F3NO4S. The molecule has 1 unspecified atom stereocenters. The van der Waals surface area contributed by atoms with Crippen LogP contribution in [0.1, 0.15) is 49.4 Å². The first-order chi connectivity index (χ1) is 13.3. The Morgan fingerprint density at radius 2 is 1.24 bits per heavy atom. The molecule has 0 fully saturated rings. The lowest BCUT2D eigenvalue weighted by atomic mass is 9.79. The van der Waals surface area contributed by atoms with Gasteiger partial charge in [-0.05, 0) is 34.2 Å². The summed E-state index contributed by atoms with van der Waals surface area (Å²) < 4.78 is 64.1. The average molecular weight is 429 g/mol. The normalized spacial score (nSPS) is 14.6. The van der Waals surface area contributed by atoms with Gasteiger partial charge in [-0.15, -0.1) is 0 Å². The van der Waals surface area contributed by atoms with Gasteiger partial charge in [-0.1, -0.05) is 57.2 Å². The number of rotatable bonds is 6. The van der Waals surface area contributed by atoms with E-state index in [2.05, 4.69) is 4.72 Å². The quantitative estimate of drug-likeness (QED) is 0.610. The molecule has 158 valence electrons. The van der Waals surface area contributed by atoms with Crippen LogP contribution in [0.4, 0.5) is 13.2 Å². The second kappa shape index (κ2) is 8.16. The van der Waals surface area contributed by atoms with Crippen LogP contribution >= 0.6 is 0 Å². The highest BCUT2D eigenvalue weighted by molar-refractivity contribution is 7.70. The highest BCUT2D eigenvalue weighted by atomic mass is 32.2. The zero-order chi connectivity index (χ0) is 22.0. The standard InChI is InChI=1S/C20H22F3NO4S/c1-18(2,3)13-4-6-14(7-5-13)19(12-17(25)26,24-29(27)28)15-8-10-16(11-9-15)20(21,22)23/h4-11,29H,12H2,1-3H3,(H,25,26)(H,24,27,28). The highest BCUT2D eigenvalue weighted by Crippen LogP contribution is 2.37. The van der Waals surface area contributed by atoms with E-state index in [9.17, 15) is 31.5 Å². The van der Waals surface area contributed by atoms with Crippen LogP contribution in [-0.4, -0.2) is 19.5 Å². The topological polar surface area (TPSA) is 83.5 Å². The van der Waals surface area contributed by atoms with E-state index in [4.69, 9.17) is 0 Å². The van der Waals surface area contributed by atoms with E-state index in [-0.39, 0.29) is 11.0 Å². The van der Waals surface area contributed by atoms with Gasteiger partial charge in [0, 0.05) is 0 Å². The first-order valence-corrected chi connectivity index (χ1v) is 9.86. The van der Waals surface area contributed by atoms with E-state index in [1.165, 1.54) is 0 Å². The van der Waals surface area contributed by atoms with Crippen molar-refractivity contribution in [3.8, 4) is 0 Å². The van der Waals surface area contributed by atoms with E-state index in [1.54, 1.807) is 24.3 Å². The van der Waals surface area contributed by atoms with Crippen LogP contribution < -0.4 is 4.72 Å². The molecule has 0 aromatic heterocycles. The van der Waals surface area contributed by atoms with E-state index in [1.807, 2.05) is 20.8 Å². The van der Waals surface area contributed by atoms with Gasteiger partial charge in [0.05, 0.1) is 17.5 Å². The molecule has 0 bridgehead atoms. The number of thiol groups is 1. The number of carboxylic acid groups (broad SMARTS) is 1. The lowest BCUT2D eigenvalue weighted by Gasteiger charge is -2.33. The first kappa shape index (κ1) is 22.9. The van der Waals surface area contributed by atoms with Crippen molar-refractivity contribution in [1.29, 1.82) is 0 Å². The SMILES string of the molecule is CC(C)(C)c1ccc(C(CC(=O)O)(N[SH](=O)=O)c2ccc(C(F)(F)F)cc2)cc1. The van der Waals surface area contributed by atoms with Gasteiger partial charge < -0.3 is 5.11 Å². The molecular weight excluding hydrogens is 407 g/mol. The van der Waals surface area contributed by atoms with E-state index in [0.29, 0.717) is 5.56 Å². The maximum atomic E-state index is 12.9. The van der Waals surface area contributed by atoms with Gasteiger partial charge in [0.2, 0.25) is 10.9 Å². The summed E-state index contributed by atoms with van der Waals surface area (Å²) in [5.74, 6) is -1.31. The van der Waals surface area contributed by atoms with Crippen LogP contribution in [0, 0.1) is 0 Å². The third-order valence-electron chi connectivity index (χ3n) is 4.65. The van der Waals surface area contributed by atoms with Crippen molar-refractivity contribution in [3.05, 3.63) is 70.8 Å². The second-order valence-corrected chi connectivity index (χ2v) is 8.49. The van der Waals surface area contributed by atoms with Gasteiger partial charge in [-0.25, -0.2) is 13.1 Å². The molecule has 0 spiro atoms. The number of alkyl halides is 3. The van der Waals surface area contributed by atoms with Crippen molar-refractivity contribution in [2.75, 3.05) is 0 Å². The molecule has 0 radical (unpaired) electrons. The first-order valence-electron chi connectivity index (χ1n) is 8.68. The van der Waals surface area contributed by atoms with Crippen molar-refractivity contribution in [3.63, 3.8) is 0 Å². The molecule has 0 aliphatic rings. The van der Waals surface area contributed by atoms with Crippen molar-refractivity contribution in [2.24, 2.45) is 0 Å². The molecule has 0 saturated carbocycles. The molecule has 0 heterocycles. The van der Waals surface area contributed by atoms with Crippen molar-refractivity contribution in [2.45, 2.75) is 44.3 Å². The Morgan fingerprint density at radius 3 is 1.55 bits per heavy atom.